The number of nitrogens with one attached hydrogen (secondary N) is 3. The van der Waals surface area contributed by atoms with Crippen LogP contribution in [0.4, 0.5) is 5.69 Å². The lowest BCUT2D eigenvalue weighted by Gasteiger charge is -2.17. The zero-order chi connectivity index (χ0) is 18.1. The van der Waals surface area contributed by atoms with Crippen molar-refractivity contribution in [2.75, 3.05) is 25.5 Å². The van der Waals surface area contributed by atoms with Crippen molar-refractivity contribution in [1.29, 1.82) is 0 Å². The fourth-order valence-electron chi connectivity index (χ4n) is 2.33. The molecule has 1 aromatic carbocycles. The number of rotatable bonds is 9. The number of likely N-dealkylation sites (N-methyl/N-ethyl adjacent to an activating group) is 1. The molecule has 0 fully saturated rings. The van der Waals surface area contributed by atoms with E-state index in [4.69, 9.17) is 11.6 Å². The lowest BCUT2D eigenvalue weighted by atomic mass is 10.0. The molecule has 0 aromatic heterocycles. The van der Waals surface area contributed by atoms with Crippen molar-refractivity contribution in [3.8, 4) is 0 Å². The molecule has 0 bridgehead atoms. The predicted octanol–water partition coefficient (Wildman–Crippen LogP) is 1.73. The van der Waals surface area contributed by atoms with Crippen molar-refractivity contribution in [2.24, 2.45) is 5.92 Å². The van der Waals surface area contributed by atoms with Crippen LogP contribution >= 0.6 is 11.6 Å². The zero-order valence-corrected chi connectivity index (χ0v) is 15.7. The summed E-state index contributed by atoms with van der Waals surface area (Å²) in [5.74, 6) is 0.479. The van der Waals surface area contributed by atoms with Crippen molar-refractivity contribution in [3.05, 3.63) is 29.3 Å². The molecule has 5 nitrogen and oxygen atoms in total. The summed E-state index contributed by atoms with van der Waals surface area (Å²) in [7, 11) is 1.83. The predicted molar refractivity (Wildman–Crippen MR) is 98.4 cm³/mol. The van der Waals surface area contributed by atoms with E-state index in [0.717, 1.165) is 17.7 Å². The number of carbonyl (C=O) groups excluding carboxylic acids is 2. The molecule has 0 aliphatic rings. The Labute approximate surface area is 149 Å². The zero-order valence-electron chi connectivity index (χ0n) is 15.0. The highest BCUT2D eigenvalue weighted by molar-refractivity contribution is 6.30. The third kappa shape index (κ3) is 8.89. The van der Waals surface area contributed by atoms with E-state index in [1.165, 1.54) is 0 Å². The lowest BCUT2D eigenvalue weighted by molar-refractivity contribution is -0.862. The largest absolute Gasteiger partial charge is 0.349 e. The first-order valence-corrected chi connectivity index (χ1v) is 8.80. The van der Waals surface area contributed by atoms with Gasteiger partial charge in [0.25, 0.3) is 11.8 Å². The fraction of sp³-hybridized carbons (Fsp3) is 0.556. The van der Waals surface area contributed by atoms with Gasteiger partial charge in [-0.3, -0.25) is 9.59 Å². The molecule has 0 aliphatic heterocycles. The summed E-state index contributed by atoms with van der Waals surface area (Å²) < 4.78 is 0. The Bertz CT molecular complexity index is 532. The average Bonchev–Trinajstić information content (AvgIpc) is 2.47. The molecule has 1 unspecified atom stereocenters. The van der Waals surface area contributed by atoms with Crippen molar-refractivity contribution in [3.63, 3.8) is 0 Å². The van der Waals surface area contributed by atoms with Gasteiger partial charge < -0.3 is 15.5 Å². The third-order valence-corrected chi connectivity index (χ3v) is 3.89. The third-order valence-electron chi connectivity index (χ3n) is 3.64. The molecule has 1 rings (SSSR count). The van der Waals surface area contributed by atoms with E-state index in [1.807, 2.05) is 14.0 Å². The average molecular weight is 355 g/mol. The van der Waals surface area contributed by atoms with Gasteiger partial charge in [-0.25, -0.2) is 0 Å². The Hall–Kier alpha value is -1.59. The van der Waals surface area contributed by atoms with E-state index < -0.39 is 0 Å². The summed E-state index contributed by atoms with van der Waals surface area (Å²) in [5, 5.41) is 6.41. The van der Waals surface area contributed by atoms with E-state index in [1.54, 1.807) is 24.3 Å². The Morgan fingerprint density at radius 1 is 1.04 bits per heavy atom. The number of amides is 2. The molecule has 134 valence electrons. The highest BCUT2D eigenvalue weighted by atomic mass is 35.5. The van der Waals surface area contributed by atoms with Gasteiger partial charge in [0.15, 0.2) is 13.1 Å². The minimum Gasteiger partial charge on any atom is -0.349 e. The van der Waals surface area contributed by atoms with E-state index in [-0.39, 0.29) is 30.9 Å². The van der Waals surface area contributed by atoms with Crippen LogP contribution in [0.2, 0.25) is 5.02 Å². The molecule has 0 radical (unpaired) electrons. The molecule has 6 heteroatoms. The molecule has 0 saturated carbocycles. The van der Waals surface area contributed by atoms with Gasteiger partial charge in [0, 0.05) is 16.8 Å². The summed E-state index contributed by atoms with van der Waals surface area (Å²) in [5.41, 5.74) is 0.698. The van der Waals surface area contributed by atoms with Crippen LogP contribution in [-0.4, -0.2) is 38.0 Å². The van der Waals surface area contributed by atoms with Crippen LogP contribution in [-0.2, 0) is 9.59 Å². The molecule has 2 atom stereocenters. The van der Waals surface area contributed by atoms with Crippen LogP contribution in [0.3, 0.4) is 0 Å². The summed E-state index contributed by atoms with van der Waals surface area (Å²) >= 11 is 5.81. The number of hydrogen-bond acceptors (Lipinski definition) is 2. The van der Waals surface area contributed by atoms with E-state index >= 15 is 0 Å². The minimum atomic E-state index is -0.129. The maximum Gasteiger partial charge on any atom is 0.279 e. The van der Waals surface area contributed by atoms with E-state index in [0.29, 0.717) is 16.6 Å². The number of halogens is 1. The monoisotopic (exact) mass is 354 g/mol. The standard InChI is InChI=1S/C18H28ClN3O2/c1-13(2)5-6-14(3)20-17(23)11-22(4)12-18(24)21-16-9-7-15(19)8-10-16/h7-10,13-14H,5-6,11-12H2,1-4H3,(H,20,23)(H,21,24)/p+1/t14-/m0/s1. The maximum atomic E-state index is 12.0. The van der Waals surface area contributed by atoms with E-state index in [9.17, 15) is 9.59 Å². The minimum absolute atomic E-state index is 0.0250. The highest BCUT2D eigenvalue weighted by Crippen LogP contribution is 2.12. The van der Waals surface area contributed by atoms with Gasteiger partial charge >= 0.3 is 0 Å². The maximum absolute atomic E-state index is 12.0. The van der Waals surface area contributed by atoms with Crippen LogP contribution in [0, 0.1) is 5.92 Å². The summed E-state index contributed by atoms with van der Waals surface area (Å²) in [6, 6.07) is 7.10. The summed E-state index contributed by atoms with van der Waals surface area (Å²) in [4.78, 5) is 24.8. The number of quaternary nitrogens is 1. The topological polar surface area (TPSA) is 62.6 Å². The number of carbonyl (C=O) groups is 2. The van der Waals surface area contributed by atoms with Crippen molar-refractivity contribution in [1.82, 2.24) is 5.32 Å². The second kappa shape index (κ2) is 10.3. The number of anilines is 1. The first-order chi connectivity index (χ1) is 11.3. The lowest BCUT2D eigenvalue weighted by Crippen LogP contribution is -3.11. The molecule has 24 heavy (non-hydrogen) atoms. The van der Waals surface area contributed by atoms with Gasteiger partial charge in [-0.05, 0) is 49.9 Å². The fourth-order valence-corrected chi connectivity index (χ4v) is 2.46. The second-order valence-corrected chi connectivity index (χ2v) is 7.24. The summed E-state index contributed by atoms with van der Waals surface area (Å²) in [6.07, 6.45) is 2.06. The molecule has 0 aliphatic carbocycles. The SMILES string of the molecule is CC(C)CC[C@H](C)NC(=O)C[NH+](C)CC(=O)Nc1ccc(Cl)cc1. The van der Waals surface area contributed by atoms with Gasteiger partial charge in [0.05, 0.1) is 7.05 Å². The molecule has 0 heterocycles. The molecule has 0 spiro atoms. The van der Waals surface area contributed by atoms with Crippen LogP contribution in [0.1, 0.15) is 33.6 Å². The van der Waals surface area contributed by atoms with E-state index in [2.05, 4.69) is 24.5 Å². The first-order valence-electron chi connectivity index (χ1n) is 8.42. The van der Waals surface area contributed by atoms with Gasteiger partial charge in [-0.2, -0.15) is 0 Å². The molecule has 3 N–H and O–H groups in total. The summed E-state index contributed by atoms with van der Waals surface area (Å²) in [6.45, 7) is 6.87. The second-order valence-electron chi connectivity index (χ2n) is 6.81. The molecule has 1 aromatic rings. The van der Waals surface area contributed by atoms with Crippen molar-refractivity contribution >= 4 is 29.1 Å². The molecular weight excluding hydrogens is 326 g/mol. The van der Waals surface area contributed by atoms with Crippen molar-refractivity contribution in [2.45, 2.75) is 39.7 Å². The molecule has 2 amide bonds. The number of hydrogen-bond donors (Lipinski definition) is 3. The Morgan fingerprint density at radius 2 is 1.62 bits per heavy atom. The van der Waals surface area contributed by atoms with Gasteiger partial charge in [-0.1, -0.05) is 25.4 Å². The van der Waals surface area contributed by atoms with Gasteiger partial charge in [0.1, 0.15) is 0 Å². The highest BCUT2D eigenvalue weighted by Gasteiger charge is 2.16. The molecular formula is C18H29ClN3O2+. The van der Waals surface area contributed by atoms with Crippen molar-refractivity contribution < 1.29 is 14.5 Å². The number of benzene rings is 1. The Balaban J connectivity index is 2.31. The van der Waals surface area contributed by atoms with Crippen LogP contribution in [0.15, 0.2) is 24.3 Å². The normalized spacial score (nSPS) is 13.4. The quantitative estimate of drug-likeness (QED) is 0.632. The Morgan fingerprint density at radius 3 is 2.21 bits per heavy atom. The first kappa shape index (κ1) is 20.5. The van der Waals surface area contributed by atoms with Gasteiger partial charge in [-0.15, -0.1) is 0 Å². The Kier molecular flexibility index (Phi) is 8.79. The van der Waals surface area contributed by atoms with Gasteiger partial charge in [0.2, 0.25) is 0 Å². The molecule has 0 saturated heterocycles. The van der Waals surface area contributed by atoms with Crippen LogP contribution in [0.5, 0.6) is 0 Å². The smallest absolute Gasteiger partial charge is 0.279 e. The van der Waals surface area contributed by atoms with Crippen LogP contribution in [0.25, 0.3) is 0 Å². The van der Waals surface area contributed by atoms with Crippen LogP contribution < -0.4 is 15.5 Å².